The number of hydrogen-bond donors (Lipinski definition) is 0. The van der Waals surface area contributed by atoms with Gasteiger partial charge in [0.2, 0.25) is 5.91 Å². The maximum absolute atomic E-state index is 13.0. The zero-order valence-corrected chi connectivity index (χ0v) is 16.8. The number of piperazine rings is 1. The van der Waals surface area contributed by atoms with Crippen molar-refractivity contribution in [2.45, 2.75) is 31.8 Å². The quantitative estimate of drug-likeness (QED) is 0.638. The Morgan fingerprint density at radius 2 is 1.85 bits per heavy atom. The van der Waals surface area contributed by atoms with Crippen LogP contribution < -0.4 is 0 Å². The number of carbonyl (C=O) groups excluding carboxylic acids is 2. The van der Waals surface area contributed by atoms with E-state index in [1.54, 1.807) is 18.9 Å². The van der Waals surface area contributed by atoms with Crippen molar-refractivity contribution in [3.8, 4) is 0 Å². The Morgan fingerprint density at radius 1 is 1.19 bits per heavy atom. The molecule has 3 fully saturated rings. The van der Waals surface area contributed by atoms with Gasteiger partial charge in [-0.25, -0.2) is 4.79 Å². The third kappa shape index (κ3) is 3.95. The second-order valence-corrected chi connectivity index (χ2v) is 9.56. The summed E-state index contributed by atoms with van der Waals surface area (Å²) in [5.74, 6) is 0.652. The van der Waals surface area contributed by atoms with Crippen LogP contribution in [0.1, 0.15) is 19.8 Å². The molecule has 1 aliphatic carbocycles. The molecule has 0 N–H and O–H groups in total. The maximum atomic E-state index is 13.0. The van der Waals surface area contributed by atoms with Gasteiger partial charge in [-0.2, -0.15) is 17.0 Å². The minimum Gasteiger partial charge on any atom is -0.450 e. The van der Waals surface area contributed by atoms with Crippen LogP contribution in [0.5, 0.6) is 0 Å². The molecule has 0 spiro atoms. The highest BCUT2D eigenvalue weighted by molar-refractivity contribution is 8.00. The molecule has 1 atom stereocenters. The molecule has 0 aromatic carbocycles. The molecule has 3 aliphatic rings. The molecule has 2 saturated heterocycles. The summed E-state index contributed by atoms with van der Waals surface area (Å²) in [6, 6.07) is -0.385. The van der Waals surface area contributed by atoms with E-state index in [4.69, 9.17) is 4.74 Å². The van der Waals surface area contributed by atoms with Crippen molar-refractivity contribution in [3.05, 3.63) is 0 Å². The van der Waals surface area contributed by atoms with Crippen LogP contribution in [0.4, 0.5) is 4.79 Å². The number of ether oxygens (including phenoxy) is 1. The van der Waals surface area contributed by atoms with E-state index in [-0.39, 0.29) is 30.9 Å². The first kappa shape index (κ1) is 19.7. The van der Waals surface area contributed by atoms with Gasteiger partial charge in [0.25, 0.3) is 10.2 Å². The van der Waals surface area contributed by atoms with Gasteiger partial charge in [0, 0.05) is 45.0 Å². The highest BCUT2D eigenvalue weighted by Gasteiger charge is 2.45. The van der Waals surface area contributed by atoms with Crippen molar-refractivity contribution in [1.82, 2.24) is 18.4 Å². The number of thioether (sulfide) groups is 1. The van der Waals surface area contributed by atoms with Crippen LogP contribution in [0.25, 0.3) is 0 Å². The predicted octanol–water partition coefficient (Wildman–Crippen LogP) is 0.00100. The number of rotatable bonds is 5. The Labute approximate surface area is 158 Å². The predicted molar refractivity (Wildman–Crippen MR) is 97.8 cm³/mol. The zero-order valence-electron chi connectivity index (χ0n) is 15.2. The molecule has 0 aromatic rings. The fourth-order valence-corrected chi connectivity index (χ4v) is 6.46. The molecule has 2 aliphatic heterocycles. The van der Waals surface area contributed by atoms with Crippen LogP contribution in [-0.2, 0) is 19.7 Å². The van der Waals surface area contributed by atoms with Crippen LogP contribution in [-0.4, -0.2) is 102 Å². The summed E-state index contributed by atoms with van der Waals surface area (Å²) in [7, 11) is -1.98. The van der Waals surface area contributed by atoms with Crippen molar-refractivity contribution >= 4 is 34.0 Å². The maximum Gasteiger partial charge on any atom is 0.409 e. The second-order valence-electron chi connectivity index (χ2n) is 6.68. The van der Waals surface area contributed by atoms with E-state index in [1.165, 1.54) is 25.3 Å². The number of likely N-dealkylation sites (N-methyl/N-ethyl adjacent to an activating group) is 1. The Bertz CT molecular complexity index is 646. The summed E-state index contributed by atoms with van der Waals surface area (Å²) in [6.07, 6.45) is 1.57. The molecule has 2 amide bonds. The Morgan fingerprint density at radius 3 is 2.42 bits per heavy atom. The van der Waals surface area contributed by atoms with Gasteiger partial charge >= 0.3 is 6.09 Å². The summed E-state index contributed by atoms with van der Waals surface area (Å²) in [5, 5.41) is 0. The van der Waals surface area contributed by atoms with Gasteiger partial charge in [0.1, 0.15) is 6.04 Å². The number of amides is 2. The van der Waals surface area contributed by atoms with Gasteiger partial charge in [-0.05, 0) is 19.8 Å². The molecular weight excluding hydrogens is 380 g/mol. The van der Waals surface area contributed by atoms with Crippen molar-refractivity contribution in [1.29, 1.82) is 0 Å². The molecule has 1 unspecified atom stereocenters. The second kappa shape index (κ2) is 7.91. The average molecular weight is 407 g/mol. The molecule has 148 valence electrons. The highest BCUT2D eigenvalue weighted by atomic mass is 32.2. The van der Waals surface area contributed by atoms with Gasteiger partial charge in [-0.3, -0.25) is 4.79 Å². The van der Waals surface area contributed by atoms with E-state index in [0.717, 1.165) is 12.8 Å². The summed E-state index contributed by atoms with van der Waals surface area (Å²) in [5.41, 5.74) is 0. The summed E-state index contributed by atoms with van der Waals surface area (Å²) < 4.78 is 33.7. The van der Waals surface area contributed by atoms with Gasteiger partial charge < -0.3 is 14.5 Å². The zero-order chi connectivity index (χ0) is 18.9. The smallest absolute Gasteiger partial charge is 0.409 e. The van der Waals surface area contributed by atoms with E-state index < -0.39 is 22.3 Å². The number of nitrogens with zero attached hydrogens (tertiary/aromatic N) is 4. The molecule has 0 radical (unpaired) electrons. The first-order valence-corrected chi connectivity index (χ1v) is 11.4. The summed E-state index contributed by atoms with van der Waals surface area (Å²) in [6.45, 7) is 3.03. The molecule has 0 aromatic heterocycles. The molecule has 2 heterocycles. The van der Waals surface area contributed by atoms with Crippen LogP contribution in [0.3, 0.4) is 0 Å². The van der Waals surface area contributed by atoms with Gasteiger partial charge in [0.15, 0.2) is 0 Å². The standard InChI is InChI=1S/C15H26N4O5S2/c1-3-24-15(21)17-6-8-18(9-7-17)26(22,23)19-11-25-10-13(19)14(20)16(2)12-4-5-12/h12-13H,3-11H2,1-2H3. The van der Waals surface area contributed by atoms with Crippen LogP contribution in [0.15, 0.2) is 0 Å². The first-order valence-electron chi connectivity index (χ1n) is 8.89. The molecule has 9 nitrogen and oxygen atoms in total. The normalized spacial score (nSPS) is 25.3. The third-order valence-corrected chi connectivity index (χ3v) is 8.13. The Balaban J connectivity index is 1.64. The topological polar surface area (TPSA) is 90.5 Å². The van der Waals surface area contributed by atoms with E-state index in [1.807, 2.05) is 0 Å². The van der Waals surface area contributed by atoms with Gasteiger partial charge in [0.05, 0.1) is 12.5 Å². The SMILES string of the molecule is CCOC(=O)N1CCN(S(=O)(=O)N2CSCC2C(=O)N(C)C2CC2)CC1. The molecule has 0 bridgehead atoms. The molecule has 26 heavy (non-hydrogen) atoms. The van der Waals surface area contributed by atoms with Crippen LogP contribution in [0, 0.1) is 0 Å². The van der Waals surface area contributed by atoms with E-state index in [2.05, 4.69) is 0 Å². The fraction of sp³-hybridized carbons (Fsp3) is 0.867. The monoisotopic (exact) mass is 406 g/mol. The summed E-state index contributed by atoms with van der Waals surface area (Å²) >= 11 is 1.46. The number of carbonyl (C=O) groups is 2. The summed E-state index contributed by atoms with van der Waals surface area (Å²) in [4.78, 5) is 27.7. The number of hydrogen-bond acceptors (Lipinski definition) is 6. The Kier molecular flexibility index (Phi) is 6.00. The lowest BCUT2D eigenvalue weighted by Gasteiger charge is -2.36. The molecule has 1 saturated carbocycles. The van der Waals surface area contributed by atoms with Crippen molar-refractivity contribution in [2.75, 3.05) is 51.5 Å². The van der Waals surface area contributed by atoms with Crippen LogP contribution >= 0.6 is 11.8 Å². The largest absolute Gasteiger partial charge is 0.450 e. The van der Waals surface area contributed by atoms with Gasteiger partial charge in [-0.1, -0.05) is 0 Å². The van der Waals surface area contributed by atoms with Crippen molar-refractivity contribution in [3.63, 3.8) is 0 Å². The minimum absolute atomic E-state index is 0.119. The van der Waals surface area contributed by atoms with Gasteiger partial charge in [-0.15, -0.1) is 11.8 Å². The molecule has 3 rings (SSSR count). The molecular formula is C15H26N4O5S2. The van der Waals surface area contributed by atoms with Crippen molar-refractivity contribution in [2.24, 2.45) is 0 Å². The Hall–Kier alpha value is -1.04. The lowest BCUT2D eigenvalue weighted by atomic mass is 10.3. The van der Waals surface area contributed by atoms with Crippen molar-refractivity contribution < 1.29 is 22.7 Å². The first-order chi connectivity index (χ1) is 12.4. The van der Waals surface area contributed by atoms with E-state index >= 15 is 0 Å². The third-order valence-electron chi connectivity index (χ3n) is 4.96. The van der Waals surface area contributed by atoms with E-state index in [9.17, 15) is 18.0 Å². The lowest BCUT2D eigenvalue weighted by molar-refractivity contribution is -0.133. The molecule has 11 heteroatoms. The van der Waals surface area contributed by atoms with E-state index in [0.29, 0.717) is 25.4 Å². The average Bonchev–Trinajstić information content (AvgIpc) is 3.36. The fourth-order valence-electron chi connectivity index (χ4n) is 3.19. The highest BCUT2D eigenvalue weighted by Crippen LogP contribution is 2.31. The lowest BCUT2D eigenvalue weighted by Crippen LogP contribution is -2.57. The van der Waals surface area contributed by atoms with Crippen LogP contribution in [0.2, 0.25) is 0 Å². The minimum atomic E-state index is -3.74.